The lowest BCUT2D eigenvalue weighted by molar-refractivity contribution is 0.0947. The summed E-state index contributed by atoms with van der Waals surface area (Å²) in [4.78, 5) is 25.9. The number of nitrogens with one attached hydrogen (secondary N) is 1. The molecule has 1 amide bonds. The van der Waals surface area contributed by atoms with E-state index in [1.807, 2.05) is 6.20 Å². The van der Waals surface area contributed by atoms with Gasteiger partial charge in [0.15, 0.2) is 0 Å². The molecular weight excluding hydrogens is 432 g/mol. The van der Waals surface area contributed by atoms with Crippen LogP contribution in [-0.4, -0.2) is 35.5 Å². The highest BCUT2D eigenvalue weighted by Crippen LogP contribution is 2.47. The van der Waals surface area contributed by atoms with Crippen LogP contribution in [0, 0.1) is 11.8 Å². The second-order valence-electron chi connectivity index (χ2n) is 11.3. The Hall–Kier alpha value is -2.43. The lowest BCUT2D eigenvalue weighted by Crippen LogP contribution is -2.37. The average Bonchev–Trinajstić information content (AvgIpc) is 3.41. The van der Waals surface area contributed by atoms with Gasteiger partial charge in [0.1, 0.15) is 0 Å². The third kappa shape index (κ3) is 5.39. The van der Waals surface area contributed by atoms with Crippen molar-refractivity contribution in [2.24, 2.45) is 11.8 Å². The van der Waals surface area contributed by atoms with Gasteiger partial charge in [0.2, 0.25) is 5.95 Å². The summed E-state index contributed by atoms with van der Waals surface area (Å²) in [7, 11) is 0. The Morgan fingerprint density at radius 1 is 1.00 bits per heavy atom. The second-order valence-corrected chi connectivity index (χ2v) is 11.3. The second kappa shape index (κ2) is 11.1. The number of hydrogen-bond acceptors (Lipinski definition) is 4. The van der Waals surface area contributed by atoms with Crippen LogP contribution in [0.25, 0.3) is 0 Å². The van der Waals surface area contributed by atoms with E-state index in [0.29, 0.717) is 5.56 Å². The number of carbonyl (C=O) groups is 1. The number of aromatic nitrogens is 2. The Morgan fingerprint density at radius 2 is 1.71 bits per heavy atom. The molecule has 1 aliphatic heterocycles. The fourth-order valence-corrected chi connectivity index (χ4v) is 6.62. The lowest BCUT2D eigenvalue weighted by atomic mass is 9.74. The van der Waals surface area contributed by atoms with Gasteiger partial charge in [0.05, 0.1) is 11.3 Å². The third-order valence-electron chi connectivity index (χ3n) is 8.89. The van der Waals surface area contributed by atoms with Crippen molar-refractivity contribution in [3.05, 3.63) is 53.3 Å². The monoisotopic (exact) mass is 474 g/mol. The van der Waals surface area contributed by atoms with Crippen molar-refractivity contribution in [3.8, 4) is 0 Å². The summed E-state index contributed by atoms with van der Waals surface area (Å²) in [6, 6.07) is 10.8. The molecule has 2 aromatic rings. The summed E-state index contributed by atoms with van der Waals surface area (Å²) < 4.78 is 0. The van der Waals surface area contributed by atoms with Gasteiger partial charge in [-0.2, -0.15) is 0 Å². The predicted octanol–water partition coefficient (Wildman–Crippen LogP) is 6.27. The third-order valence-corrected chi connectivity index (χ3v) is 8.89. The van der Waals surface area contributed by atoms with Gasteiger partial charge in [0.25, 0.3) is 5.91 Å². The van der Waals surface area contributed by atoms with Gasteiger partial charge in [-0.3, -0.25) is 4.79 Å². The fourth-order valence-electron chi connectivity index (χ4n) is 6.62. The number of nitrogens with zero attached hydrogens (tertiary/aromatic N) is 3. The normalized spacial score (nSPS) is 21.2. The highest BCUT2D eigenvalue weighted by molar-refractivity contribution is 5.95. The molecule has 0 radical (unpaired) electrons. The van der Waals surface area contributed by atoms with Crippen LogP contribution in [0.4, 0.5) is 5.95 Å². The van der Waals surface area contributed by atoms with E-state index < -0.39 is 0 Å². The van der Waals surface area contributed by atoms with Crippen LogP contribution in [0.2, 0.25) is 0 Å². The number of piperidine rings is 1. The zero-order chi connectivity index (χ0) is 24.1. The Bertz CT molecular complexity index is 971. The molecule has 5 nitrogen and oxygen atoms in total. The van der Waals surface area contributed by atoms with Crippen LogP contribution in [0.15, 0.2) is 36.5 Å². The van der Waals surface area contributed by atoms with Gasteiger partial charge in [-0.15, -0.1) is 0 Å². The molecule has 35 heavy (non-hydrogen) atoms. The standard InChI is InChI=1S/C30H42N4O/c1-23-15-20-34(21-16-23)29-32-22-26(28(35)31-19-14-24-10-4-2-5-11-24)27(33-29)30(17-8-9-18-30)25-12-6-3-7-13-25/h3,6-7,12-13,22-24H,2,4-5,8-11,14-21H2,1H3,(H,31,35). The number of carbonyl (C=O) groups excluding carboxylic acids is 1. The molecular formula is C30H42N4O. The molecule has 3 fully saturated rings. The van der Waals surface area contributed by atoms with Crippen LogP contribution < -0.4 is 10.2 Å². The van der Waals surface area contributed by atoms with Crippen molar-refractivity contribution in [2.45, 2.75) is 89.4 Å². The summed E-state index contributed by atoms with van der Waals surface area (Å²) in [5.74, 6) is 2.31. The molecule has 188 valence electrons. The molecule has 1 saturated heterocycles. The zero-order valence-corrected chi connectivity index (χ0v) is 21.5. The highest BCUT2D eigenvalue weighted by atomic mass is 16.1. The quantitative estimate of drug-likeness (QED) is 0.513. The minimum Gasteiger partial charge on any atom is -0.352 e. The van der Waals surface area contributed by atoms with Crippen LogP contribution in [0.3, 0.4) is 0 Å². The largest absolute Gasteiger partial charge is 0.352 e. The Labute approximate surface area is 211 Å². The average molecular weight is 475 g/mol. The summed E-state index contributed by atoms with van der Waals surface area (Å²) in [6.45, 7) is 5.05. The van der Waals surface area contributed by atoms with E-state index in [4.69, 9.17) is 9.97 Å². The number of benzene rings is 1. The van der Waals surface area contributed by atoms with E-state index in [-0.39, 0.29) is 11.3 Å². The summed E-state index contributed by atoms with van der Waals surface area (Å²) >= 11 is 0. The maximum Gasteiger partial charge on any atom is 0.254 e. The summed E-state index contributed by atoms with van der Waals surface area (Å²) in [5.41, 5.74) is 2.69. The van der Waals surface area contributed by atoms with Crippen molar-refractivity contribution in [1.82, 2.24) is 15.3 Å². The first kappa shape index (κ1) is 24.3. The molecule has 5 heteroatoms. The van der Waals surface area contributed by atoms with Gasteiger partial charge < -0.3 is 10.2 Å². The van der Waals surface area contributed by atoms with E-state index >= 15 is 0 Å². The summed E-state index contributed by atoms with van der Waals surface area (Å²) in [5, 5.41) is 3.25. The Kier molecular flexibility index (Phi) is 7.69. The molecule has 1 aromatic heterocycles. The van der Waals surface area contributed by atoms with Crippen molar-refractivity contribution in [2.75, 3.05) is 24.5 Å². The van der Waals surface area contributed by atoms with Crippen molar-refractivity contribution >= 4 is 11.9 Å². The van der Waals surface area contributed by atoms with E-state index in [9.17, 15) is 4.79 Å². The van der Waals surface area contributed by atoms with Crippen molar-refractivity contribution in [1.29, 1.82) is 0 Å². The fraction of sp³-hybridized carbons (Fsp3) is 0.633. The Balaban J connectivity index is 1.44. The molecule has 1 N–H and O–H groups in total. The Morgan fingerprint density at radius 3 is 2.43 bits per heavy atom. The smallest absolute Gasteiger partial charge is 0.254 e. The molecule has 2 aliphatic carbocycles. The van der Waals surface area contributed by atoms with Gasteiger partial charge in [-0.1, -0.05) is 82.2 Å². The minimum absolute atomic E-state index is 0.00293. The molecule has 3 aliphatic rings. The maximum atomic E-state index is 13.6. The first-order valence-corrected chi connectivity index (χ1v) is 14.1. The lowest BCUT2D eigenvalue weighted by Gasteiger charge is -2.34. The van der Waals surface area contributed by atoms with Crippen LogP contribution in [-0.2, 0) is 5.41 Å². The topological polar surface area (TPSA) is 58.1 Å². The van der Waals surface area contributed by atoms with E-state index in [0.717, 1.165) is 75.2 Å². The van der Waals surface area contributed by atoms with Gasteiger partial charge in [-0.25, -0.2) is 9.97 Å². The van der Waals surface area contributed by atoms with Crippen LogP contribution >= 0.6 is 0 Å². The molecule has 0 bridgehead atoms. The first-order valence-electron chi connectivity index (χ1n) is 14.1. The van der Waals surface area contributed by atoms with Crippen molar-refractivity contribution in [3.63, 3.8) is 0 Å². The van der Waals surface area contributed by atoms with E-state index in [1.54, 1.807) is 0 Å². The van der Waals surface area contributed by atoms with E-state index in [1.165, 1.54) is 50.5 Å². The predicted molar refractivity (Wildman–Crippen MR) is 142 cm³/mol. The minimum atomic E-state index is -0.210. The molecule has 2 heterocycles. The maximum absolute atomic E-state index is 13.6. The number of anilines is 1. The highest BCUT2D eigenvalue weighted by Gasteiger charge is 2.42. The van der Waals surface area contributed by atoms with Crippen LogP contribution in [0.1, 0.15) is 106 Å². The SMILES string of the molecule is CC1CCN(c2ncc(C(=O)NCCC3CCCCC3)c(C3(c4ccccc4)CCCC3)n2)CC1. The zero-order valence-electron chi connectivity index (χ0n) is 21.5. The van der Waals surface area contributed by atoms with Crippen LogP contribution in [0.5, 0.6) is 0 Å². The number of hydrogen-bond donors (Lipinski definition) is 1. The van der Waals surface area contributed by atoms with Gasteiger partial charge in [-0.05, 0) is 49.5 Å². The molecule has 0 unspecified atom stereocenters. The molecule has 1 aromatic carbocycles. The molecule has 0 spiro atoms. The first-order chi connectivity index (χ1) is 17.2. The van der Waals surface area contributed by atoms with Gasteiger partial charge >= 0.3 is 0 Å². The van der Waals surface area contributed by atoms with Gasteiger partial charge in [0, 0.05) is 31.2 Å². The summed E-state index contributed by atoms with van der Waals surface area (Å²) in [6.07, 6.45) is 16.3. The van der Waals surface area contributed by atoms with Crippen molar-refractivity contribution < 1.29 is 4.79 Å². The molecule has 5 rings (SSSR count). The van der Waals surface area contributed by atoms with E-state index in [2.05, 4.69) is 47.5 Å². The number of rotatable bonds is 7. The molecule has 0 atom stereocenters. The number of amides is 1. The molecule has 2 saturated carbocycles.